The van der Waals surface area contributed by atoms with Crippen LogP contribution in [0.2, 0.25) is 0 Å². The number of hydrogen-bond acceptors (Lipinski definition) is 2. The third-order valence-corrected chi connectivity index (χ3v) is 1.26. The molecule has 0 radical (unpaired) electrons. The molecule has 3 heteroatoms. The Morgan fingerprint density at radius 3 is 2.33 bits per heavy atom. The van der Waals surface area contributed by atoms with Crippen molar-refractivity contribution in [1.82, 2.24) is 0 Å². The van der Waals surface area contributed by atoms with E-state index in [0.717, 1.165) is 0 Å². The van der Waals surface area contributed by atoms with Crippen LogP contribution in [0, 0.1) is 0 Å². The molecule has 38 valence electrons. The first-order valence-corrected chi connectivity index (χ1v) is 2.85. The summed E-state index contributed by atoms with van der Waals surface area (Å²) in [6, 6.07) is -0.0926. The Morgan fingerprint density at radius 2 is 2.33 bits per heavy atom. The molecule has 0 aliphatic heterocycles. The molecule has 0 amide bonds. The lowest BCUT2D eigenvalue weighted by molar-refractivity contribution is 0.276. The molecule has 0 saturated heterocycles. The molecule has 0 aliphatic carbocycles. The Morgan fingerprint density at radius 1 is 1.83 bits per heavy atom. The molecule has 0 rings (SSSR count). The molecule has 0 aromatic heterocycles. The number of nitrogens with two attached hydrogens (primary N) is 1. The first-order chi connectivity index (χ1) is 2.81. The lowest BCUT2D eigenvalue weighted by Gasteiger charge is -1.97. The molecule has 6 heavy (non-hydrogen) atoms. The van der Waals surface area contributed by atoms with Crippen molar-refractivity contribution < 1.29 is 5.11 Å². The van der Waals surface area contributed by atoms with Crippen LogP contribution in [-0.2, 0) is 0 Å². The van der Waals surface area contributed by atoms with Crippen LogP contribution in [0.1, 0.15) is 0 Å². The van der Waals surface area contributed by atoms with Crippen LogP contribution in [0.4, 0.5) is 0 Å². The number of rotatable bonds is 2. The van der Waals surface area contributed by atoms with Gasteiger partial charge in [0.15, 0.2) is 0 Å². The number of halogens is 1. The van der Waals surface area contributed by atoms with E-state index in [2.05, 4.69) is 15.9 Å². The molecule has 0 saturated carbocycles. The molecule has 0 unspecified atom stereocenters. The van der Waals surface area contributed by atoms with Gasteiger partial charge in [0, 0.05) is 11.4 Å². The predicted molar refractivity (Wildman–Crippen MR) is 28.9 cm³/mol. The van der Waals surface area contributed by atoms with Gasteiger partial charge in [-0.2, -0.15) is 0 Å². The number of alkyl halides is 1. The Balaban J connectivity index is 2.75. The molecule has 0 aromatic carbocycles. The second kappa shape index (κ2) is 3.59. The third-order valence-electron chi connectivity index (χ3n) is 0.433. The maximum atomic E-state index is 8.18. The fourth-order valence-electron chi connectivity index (χ4n) is 0.0488. The normalized spacial score (nSPS) is 14.5. The van der Waals surface area contributed by atoms with Crippen molar-refractivity contribution in [2.75, 3.05) is 11.9 Å². The van der Waals surface area contributed by atoms with Crippen LogP contribution in [0.3, 0.4) is 0 Å². The standard InChI is InChI=1S/C3H8BrNO/c4-1-3(5)2-6/h3,6H,1-2,5H2/t3-/m1/s1. The maximum Gasteiger partial charge on any atom is 0.0590 e. The minimum Gasteiger partial charge on any atom is -0.395 e. The second-order valence-electron chi connectivity index (χ2n) is 1.10. The third kappa shape index (κ3) is 2.63. The molecular formula is C3H8BrNO. The van der Waals surface area contributed by atoms with Crippen molar-refractivity contribution in [3.63, 3.8) is 0 Å². The summed E-state index contributed by atoms with van der Waals surface area (Å²) in [6.07, 6.45) is 0. The maximum absolute atomic E-state index is 8.18. The average molecular weight is 154 g/mol. The Labute approximate surface area is 45.5 Å². The van der Waals surface area contributed by atoms with E-state index in [0.29, 0.717) is 5.33 Å². The van der Waals surface area contributed by atoms with Crippen molar-refractivity contribution in [3.05, 3.63) is 0 Å². The van der Waals surface area contributed by atoms with E-state index in [-0.39, 0.29) is 12.6 Å². The van der Waals surface area contributed by atoms with E-state index in [1.807, 2.05) is 0 Å². The van der Waals surface area contributed by atoms with E-state index < -0.39 is 0 Å². The van der Waals surface area contributed by atoms with Gasteiger partial charge in [-0.15, -0.1) is 0 Å². The summed E-state index contributed by atoms with van der Waals surface area (Å²) in [7, 11) is 0. The van der Waals surface area contributed by atoms with Gasteiger partial charge in [0.25, 0.3) is 0 Å². The van der Waals surface area contributed by atoms with Gasteiger partial charge >= 0.3 is 0 Å². The summed E-state index contributed by atoms with van der Waals surface area (Å²) >= 11 is 3.09. The average Bonchev–Trinajstić information content (AvgIpc) is 1.65. The number of aliphatic hydroxyl groups excluding tert-OH is 1. The molecular weight excluding hydrogens is 146 g/mol. The quantitative estimate of drug-likeness (QED) is 0.536. The Hall–Kier alpha value is 0.400. The molecule has 0 aliphatic rings. The van der Waals surface area contributed by atoms with E-state index in [4.69, 9.17) is 10.8 Å². The number of hydrogen-bond donors (Lipinski definition) is 2. The van der Waals surface area contributed by atoms with E-state index in [9.17, 15) is 0 Å². The summed E-state index contributed by atoms with van der Waals surface area (Å²) in [6.45, 7) is 0.0608. The zero-order chi connectivity index (χ0) is 4.99. The highest BCUT2D eigenvalue weighted by Crippen LogP contribution is 1.82. The van der Waals surface area contributed by atoms with Gasteiger partial charge in [-0.05, 0) is 0 Å². The monoisotopic (exact) mass is 153 g/mol. The van der Waals surface area contributed by atoms with Gasteiger partial charge in [0.2, 0.25) is 0 Å². The lowest BCUT2D eigenvalue weighted by Crippen LogP contribution is -2.25. The number of aliphatic hydroxyl groups is 1. The highest BCUT2D eigenvalue weighted by molar-refractivity contribution is 9.09. The first-order valence-electron chi connectivity index (χ1n) is 1.73. The van der Waals surface area contributed by atoms with Gasteiger partial charge in [0.05, 0.1) is 6.61 Å². The fourth-order valence-corrected chi connectivity index (χ4v) is 0.254. The SMILES string of the molecule is N[C@@H](CO)CBr. The molecule has 0 aromatic rings. The smallest absolute Gasteiger partial charge is 0.0590 e. The molecule has 0 fully saturated rings. The van der Waals surface area contributed by atoms with Crippen molar-refractivity contribution >= 4 is 15.9 Å². The van der Waals surface area contributed by atoms with Gasteiger partial charge in [0.1, 0.15) is 0 Å². The molecule has 3 N–H and O–H groups in total. The van der Waals surface area contributed by atoms with Crippen molar-refractivity contribution in [3.8, 4) is 0 Å². The molecule has 2 nitrogen and oxygen atoms in total. The summed E-state index contributed by atoms with van der Waals surface area (Å²) in [5, 5.41) is 8.85. The summed E-state index contributed by atoms with van der Waals surface area (Å²) in [5.41, 5.74) is 5.18. The molecule has 0 spiro atoms. The fraction of sp³-hybridized carbons (Fsp3) is 1.00. The first kappa shape index (κ1) is 6.40. The van der Waals surface area contributed by atoms with Crippen LogP contribution < -0.4 is 5.73 Å². The van der Waals surface area contributed by atoms with Crippen molar-refractivity contribution in [2.24, 2.45) is 5.73 Å². The summed E-state index contributed by atoms with van der Waals surface area (Å²) in [5.74, 6) is 0. The van der Waals surface area contributed by atoms with Gasteiger partial charge in [-0.3, -0.25) is 0 Å². The van der Waals surface area contributed by atoms with Crippen molar-refractivity contribution in [1.29, 1.82) is 0 Å². The van der Waals surface area contributed by atoms with Gasteiger partial charge in [-0.25, -0.2) is 0 Å². The van der Waals surface area contributed by atoms with Crippen LogP contribution in [0.15, 0.2) is 0 Å². The summed E-state index contributed by atoms with van der Waals surface area (Å²) < 4.78 is 0. The lowest BCUT2D eigenvalue weighted by atomic mass is 10.4. The molecule has 1 atom stereocenters. The Kier molecular flexibility index (Phi) is 3.82. The van der Waals surface area contributed by atoms with Crippen LogP contribution >= 0.6 is 15.9 Å². The topological polar surface area (TPSA) is 46.2 Å². The second-order valence-corrected chi connectivity index (χ2v) is 1.74. The predicted octanol–water partition coefficient (Wildman–Crippen LogP) is -0.299. The summed E-state index contributed by atoms with van der Waals surface area (Å²) in [4.78, 5) is 0. The Bertz CT molecular complexity index is 30.0. The van der Waals surface area contributed by atoms with Crippen molar-refractivity contribution in [2.45, 2.75) is 6.04 Å². The zero-order valence-corrected chi connectivity index (χ0v) is 4.98. The van der Waals surface area contributed by atoms with E-state index in [1.165, 1.54) is 0 Å². The van der Waals surface area contributed by atoms with Crippen LogP contribution in [0.25, 0.3) is 0 Å². The molecule has 0 heterocycles. The largest absolute Gasteiger partial charge is 0.395 e. The van der Waals surface area contributed by atoms with E-state index in [1.54, 1.807) is 0 Å². The minimum absolute atomic E-state index is 0.0608. The van der Waals surface area contributed by atoms with Crippen LogP contribution in [-0.4, -0.2) is 23.1 Å². The zero-order valence-electron chi connectivity index (χ0n) is 3.39. The van der Waals surface area contributed by atoms with E-state index >= 15 is 0 Å². The highest BCUT2D eigenvalue weighted by atomic mass is 79.9. The highest BCUT2D eigenvalue weighted by Gasteiger charge is 1.91. The van der Waals surface area contributed by atoms with Gasteiger partial charge in [-0.1, -0.05) is 15.9 Å². The van der Waals surface area contributed by atoms with Crippen LogP contribution in [0.5, 0.6) is 0 Å². The minimum atomic E-state index is -0.0926. The molecule has 0 bridgehead atoms. The van der Waals surface area contributed by atoms with Gasteiger partial charge < -0.3 is 10.8 Å².